The molecule has 106 valence electrons. The standard InChI is InChI=1S/C13H26N2O3/c1-3-7-15-13(2,12(14)16)10-17-9-11-6-4-5-8-18-11/h11,15H,3-10H2,1-2H3,(H2,14,16). The van der Waals surface area contributed by atoms with Gasteiger partial charge in [0.25, 0.3) is 0 Å². The molecule has 0 aromatic rings. The van der Waals surface area contributed by atoms with E-state index in [0.29, 0.717) is 13.2 Å². The maximum Gasteiger partial charge on any atom is 0.239 e. The smallest absolute Gasteiger partial charge is 0.239 e. The highest BCUT2D eigenvalue weighted by Crippen LogP contribution is 2.13. The Labute approximate surface area is 109 Å². The molecule has 0 aromatic heterocycles. The lowest BCUT2D eigenvalue weighted by Crippen LogP contribution is -2.56. The third-order valence-corrected chi connectivity index (χ3v) is 3.28. The molecule has 5 heteroatoms. The van der Waals surface area contributed by atoms with Gasteiger partial charge in [-0.05, 0) is 39.2 Å². The van der Waals surface area contributed by atoms with Crippen LogP contribution >= 0.6 is 0 Å². The van der Waals surface area contributed by atoms with Crippen molar-refractivity contribution in [1.29, 1.82) is 0 Å². The second-order valence-electron chi connectivity index (χ2n) is 5.13. The highest BCUT2D eigenvalue weighted by Gasteiger charge is 2.31. The van der Waals surface area contributed by atoms with Crippen LogP contribution in [0.5, 0.6) is 0 Å². The lowest BCUT2D eigenvalue weighted by Gasteiger charge is -2.29. The number of carbonyl (C=O) groups is 1. The summed E-state index contributed by atoms with van der Waals surface area (Å²) < 4.78 is 11.2. The van der Waals surface area contributed by atoms with Gasteiger partial charge in [0.05, 0.1) is 19.3 Å². The van der Waals surface area contributed by atoms with Crippen LogP contribution in [-0.2, 0) is 14.3 Å². The fourth-order valence-corrected chi connectivity index (χ4v) is 1.94. The quantitative estimate of drug-likeness (QED) is 0.676. The normalized spacial score (nSPS) is 23.6. The van der Waals surface area contributed by atoms with E-state index in [1.807, 2.05) is 6.92 Å². The minimum absolute atomic E-state index is 0.169. The van der Waals surface area contributed by atoms with Crippen molar-refractivity contribution in [3.8, 4) is 0 Å². The average molecular weight is 258 g/mol. The second kappa shape index (κ2) is 7.71. The number of ether oxygens (including phenoxy) is 2. The molecule has 0 spiro atoms. The van der Waals surface area contributed by atoms with Crippen molar-refractivity contribution < 1.29 is 14.3 Å². The predicted octanol–water partition coefficient (Wildman–Crippen LogP) is 0.816. The van der Waals surface area contributed by atoms with E-state index in [1.54, 1.807) is 6.92 Å². The van der Waals surface area contributed by atoms with E-state index in [0.717, 1.165) is 32.4 Å². The topological polar surface area (TPSA) is 73.6 Å². The monoisotopic (exact) mass is 258 g/mol. The fraction of sp³-hybridized carbons (Fsp3) is 0.923. The first-order valence-corrected chi connectivity index (χ1v) is 6.83. The Morgan fingerprint density at radius 2 is 2.33 bits per heavy atom. The molecule has 1 amide bonds. The maximum absolute atomic E-state index is 11.5. The highest BCUT2D eigenvalue weighted by atomic mass is 16.5. The average Bonchev–Trinajstić information content (AvgIpc) is 2.37. The number of carbonyl (C=O) groups excluding carboxylic acids is 1. The van der Waals surface area contributed by atoms with Gasteiger partial charge in [0, 0.05) is 6.61 Å². The van der Waals surface area contributed by atoms with Crippen LogP contribution < -0.4 is 11.1 Å². The summed E-state index contributed by atoms with van der Waals surface area (Å²) in [7, 11) is 0. The van der Waals surface area contributed by atoms with Gasteiger partial charge in [-0.15, -0.1) is 0 Å². The number of hydrogen-bond donors (Lipinski definition) is 2. The number of nitrogens with one attached hydrogen (secondary N) is 1. The van der Waals surface area contributed by atoms with Gasteiger partial charge in [0.2, 0.25) is 5.91 Å². The molecular weight excluding hydrogens is 232 g/mol. The third-order valence-electron chi connectivity index (χ3n) is 3.28. The lowest BCUT2D eigenvalue weighted by atomic mass is 10.0. The molecule has 0 bridgehead atoms. The summed E-state index contributed by atoms with van der Waals surface area (Å²) >= 11 is 0. The van der Waals surface area contributed by atoms with Crippen LogP contribution in [0.25, 0.3) is 0 Å². The van der Waals surface area contributed by atoms with Crippen LogP contribution in [0.1, 0.15) is 39.5 Å². The lowest BCUT2D eigenvalue weighted by molar-refractivity contribution is -0.127. The molecule has 1 heterocycles. The van der Waals surface area contributed by atoms with E-state index in [9.17, 15) is 4.79 Å². The van der Waals surface area contributed by atoms with Gasteiger partial charge >= 0.3 is 0 Å². The third kappa shape index (κ3) is 4.92. The molecule has 1 aliphatic heterocycles. The molecule has 1 aliphatic rings. The number of rotatable bonds is 8. The zero-order chi connectivity index (χ0) is 13.4. The molecule has 1 saturated heterocycles. The first-order chi connectivity index (χ1) is 8.58. The van der Waals surface area contributed by atoms with E-state index in [-0.39, 0.29) is 12.0 Å². The summed E-state index contributed by atoms with van der Waals surface area (Å²) in [5.41, 5.74) is 4.63. The molecule has 5 nitrogen and oxygen atoms in total. The van der Waals surface area contributed by atoms with E-state index in [1.165, 1.54) is 6.42 Å². The van der Waals surface area contributed by atoms with Gasteiger partial charge in [-0.3, -0.25) is 4.79 Å². The molecule has 1 rings (SSSR count). The Balaban J connectivity index is 2.30. The van der Waals surface area contributed by atoms with Gasteiger partial charge in [-0.1, -0.05) is 6.92 Å². The molecule has 1 fully saturated rings. The molecule has 18 heavy (non-hydrogen) atoms. The van der Waals surface area contributed by atoms with Crippen molar-refractivity contribution >= 4 is 5.91 Å². The maximum atomic E-state index is 11.5. The molecule has 0 saturated carbocycles. The minimum Gasteiger partial charge on any atom is -0.376 e. The number of hydrogen-bond acceptors (Lipinski definition) is 4. The Morgan fingerprint density at radius 1 is 1.56 bits per heavy atom. The van der Waals surface area contributed by atoms with Gasteiger partial charge in [0.15, 0.2) is 0 Å². The van der Waals surface area contributed by atoms with Crippen LogP contribution in [-0.4, -0.2) is 43.9 Å². The van der Waals surface area contributed by atoms with Gasteiger partial charge in [0.1, 0.15) is 5.54 Å². The van der Waals surface area contributed by atoms with Crippen LogP contribution in [0.2, 0.25) is 0 Å². The summed E-state index contributed by atoms with van der Waals surface area (Å²) in [5.74, 6) is -0.375. The van der Waals surface area contributed by atoms with Gasteiger partial charge < -0.3 is 20.5 Å². The summed E-state index contributed by atoms with van der Waals surface area (Å²) in [4.78, 5) is 11.5. The number of nitrogens with two attached hydrogens (primary N) is 1. The van der Waals surface area contributed by atoms with Crippen molar-refractivity contribution in [1.82, 2.24) is 5.32 Å². The van der Waals surface area contributed by atoms with Crippen molar-refractivity contribution in [2.75, 3.05) is 26.4 Å². The zero-order valence-corrected chi connectivity index (χ0v) is 11.5. The van der Waals surface area contributed by atoms with Crippen molar-refractivity contribution in [3.63, 3.8) is 0 Å². The molecule has 0 radical (unpaired) electrons. The second-order valence-corrected chi connectivity index (χ2v) is 5.13. The van der Waals surface area contributed by atoms with E-state index in [4.69, 9.17) is 15.2 Å². The summed E-state index contributed by atoms with van der Waals surface area (Å²) in [6, 6.07) is 0. The van der Waals surface area contributed by atoms with Crippen molar-refractivity contribution in [2.24, 2.45) is 5.73 Å². The van der Waals surface area contributed by atoms with Gasteiger partial charge in [-0.2, -0.15) is 0 Å². The molecule has 2 atom stereocenters. The van der Waals surface area contributed by atoms with Crippen LogP contribution in [0.15, 0.2) is 0 Å². The summed E-state index contributed by atoms with van der Waals surface area (Å²) in [6.07, 6.45) is 4.48. The zero-order valence-electron chi connectivity index (χ0n) is 11.5. The molecule has 2 unspecified atom stereocenters. The SMILES string of the molecule is CCCNC(C)(COCC1CCCCO1)C(N)=O. The summed E-state index contributed by atoms with van der Waals surface area (Å²) in [6.45, 7) is 6.23. The number of amides is 1. The van der Waals surface area contributed by atoms with E-state index < -0.39 is 5.54 Å². The molecule has 0 aromatic carbocycles. The largest absolute Gasteiger partial charge is 0.376 e. The number of primary amides is 1. The van der Waals surface area contributed by atoms with Crippen molar-refractivity contribution in [2.45, 2.75) is 51.2 Å². The van der Waals surface area contributed by atoms with Gasteiger partial charge in [-0.25, -0.2) is 0 Å². The molecule has 0 aliphatic carbocycles. The summed E-state index contributed by atoms with van der Waals surface area (Å²) in [5, 5.41) is 3.14. The predicted molar refractivity (Wildman–Crippen MR) is 70.3 cm³/mol. The Bertz CT molecular complexity index is 255. The first kappa shape index (κ1) is 15.4. The first-order valence-electron chi connectivity index (χ1n) is 6.83. The van der Waals surface area contributed by atoms with Crippen LogP contribution in [0.4, 0.5) is 0 Å². The Morgan fingerprint density at radius 3 is 2.89 bits per heavy atom. The Kier molecular flexibility index (Phi) is 6.60. The molecular formula is C13H26N2O3. The van der Waals surface area contributed by atoms with E-state index >= 15 is 0 Å². The Hall–Kier alpha value is -0.650. The van der Waals surface area contributed by atoms with Crippen LogP contribution in [0.3, 0.4) is 0 Å². The fourth-order valence-electron chi connectivity index (χ4n) is 1.94. The van der Waals surface area contributed by atoms with Crippen molar-refractivity contribution in [3.05, 3.63) is 0 Å². The van der Waals surface area contributed by atoms with Crippen LogP contribution in [0, 0.1) is 0 Å². The highest BCUT2D eigenvalue weighted by molar-refractivity contribution is 5.84. The minimum atomic E-state index is -0.787. The molecule has 3 N–H and O–H groups in total. The van der Waals surface area contributed by atoms with E-state index in [2.05, 4.69) is 5.32 Å².